The number of benzene rings is 5. The van der Waals surface area contributed by atoms with E-state index in [1.54, 1.807) is 0 Å². The van der Waals surface area contributed by atoms with E-state index in [0.29, 0.717) is 0 Å². The molecule has 0 heterocycles. The normalized spacial score (nSPS) is 10.8. The Labute approximate surface area is 177 Å². The van der Waals surface area contributed by atoms with E-state index in [1.165, 1.54) is 44.4 Å². The molecule has 144 valence electrons. The van der Waals surface area contributed by atoms with E-state index in [1.807, 2.05) is 0 Å². The van der Waals surface area contributed by atoms with E-state index in [-0.39, 0.29) is 0 Å². The third-order valence-corrected chi connectivity index (χ3v) is 5.68. The lowest BCUT2D eigenvalue weighted by Gasteiger charge is -2.21. The largest absolute Gasteiger partial charge is 0.345 e. The van der Waals surface area contributed by atoms with Gasteiger partial charge in [-0.25, -0.2) is 0 Å². The summed E-state index contributed by atoms with van der Waals surface area (Å²) < 4.78 is 0. The van der Waals surface area contributed by atoms with Crippen molar-refractivity contribution in [2.45, 2.75) is 0 Å². The summed E-state index contributed by atoms with van der Waals surface area (Å²) in [6.07, 6.45) is 0. The molecular weight excluding hydrogens is 362 g/mol. The summed E-state index contributed by atoms with van der Waals surface area (Å²) in [5.74, 6) is 0. The van der Waals surface area contributed by atoms with Crippen LogP contribution in [0.5, 0.6) is 0 Å². The molecule has 0 bridgehead atoms. The number of fused-ring (bicyclic) bond motifs is 1. The summed E-state index contributed by atoms with van der Waals surface area (Å²) in [5, 5.41) is 2.55. The fraction of sp³-hybridized carbons (Fsp3) is 0.0345. The molecule has 0 saturated carbocycles. The van der Waals surface area contributed by atoms with E-state index >= 15 is 0 Å². The topological polar surface area (TPSA) is 3.24 Å². The van der Waals surface area contributed by atoms with Crippen molar-refractivity contribution in [2.24, 2.45) is 0 Å². The van der Waals surface area contributed by atoms with Gasteiger partial charge in [-0.05, 0) is 63.4 Å². The second-order valence-corrected chi connectivity index (χ2v) is 7.58. The van der Waals surface area contributed by atoms with Crippen LogP contribution in [0.4, 0.5) is 11.4 Å². The van der Waals surface area contributed by atoms with Crippen LogP contribution in [0.15, 0.2) is 121 Å². The van der Waals surface area contributed by atoms with Gasteiger partial charge in [0.05, 0.1) is 0 Å². The summed E-state index contributed by atoms with van der Waals surface area (Å²) in [4.78, 5) is 2.23. The van der Waals surface area contributed by atoms with E-state index < -0.39 is 0 Å². The lowest BCUT2D eigenvalue weighted by Crippen LogP contribution is -2.09. The van der Waals surface area contributed by atoms with Crippen molar-refractivity contribution in [3.8, 4) is 22.3 Å². The molecular formula is C29H23N. The van der Waals surface area contributed by atoms with Gasteiger partial charge in [0.1, 0.15) is 0 Å². The monoisotopic (exact) mass is 385 g/mol. The number of nitrogens with zero attached hydrogens (tertiary/aromatic N) is 1. The number of anilines is 2. The van der Waals surface area contributed by atoms with Crippen molar-refractivity contribution in [3.63, 3.8) is 0 Å². The number of rotatable bonds is 4. The Balaban J connectivity index is 1.42. The standard InChI is InChI=1S/C29H23N/c1-30(29-13-7-12-26(21-29)22-8-3-2-4-9-22)28-18-16-24(17-19-28)27-15-14-23-10-5-6-11-25(23)20-27/h2-21H,1H3. The molecule has 0 aliphatic carbocycles. The molecule has 0 radical (unpaired) electrons. The van der Waals surface area contributed by atoms with Crippen LogP contribution in [0, 0.1) is 0 Å². The zero-order chi connectivity index (χ0) is 20.3. The Kier molecular flexibility index (Phi) is 4.78. The summed E-state index contributed by atoms with van der Waals surface area (Å²) in [6, 6.07) is 43.1. The average Bonchev–Trinajstić information content (AvgIpc) is 2.84. The molecule has 0 aliphatic heterocycles. The van der Waals surface area contributed by atoms with E-state index in [4.69, 9.17) is 0 Å². The van der Waals surface area contributed by atoms with E-state index in [2.05, 4.69) is 133 Å². The highest BCUT2D eigenvalue weighted by molar-refractivity contribution is 5.87. The van der Waals surface area contributed by atoms with Gasteiger partial charge in [-0.2, -0.15) is 0 Å². The lowest BCUT2D eigenvalue weighted by atomic mass is 10.0. The third-order valence-electron chi connectivity index (χ3n) is 5.68. The molecule has 1 heteroatoms. The highest BCUT2D eigenvalue weighted by atomic mass is 15.1. The maximum atomic E-state index is 2.26. The van der Waals surface area contributed by atoms with Gasteiger partial charge in [-0.3, -0.25) is 0 Å². The van der Waals surface area contributed by atoms with E-state index in [0.717, 1.165) is 0 Å². The van der Waals surface area contributed by atoms with Gasteiger partial charge >= 0.3 is 0 Å². The second-order valence-electron chi connectivity index (χ2n) is 7.58. The molecule has 0 N–H and O–H groups in total. The van der Waals surface area contributed by atoms with Crippen LogP contribution in [0.2, 0.25) is 0 Å². The summed E-state index contributed by atoms with van der Waals surface area (Å²) in [5.41, 5.74) is 7.29. The van der Waals surface area contributed by atoms with Gasteiger partial charge in [-0.1, -0.05) is 91.0 Å². The van der Waals surface area contributed by atoms with Gasteiger partial charge < -0.3 is 4.90 Å². The highest BCUT2D eigenvalue weighted by Crippen LogP contribution is 2.31. The minimum Gasteiger partial charge on any atom is -0.345 e. The fourth-order valence-electron chi connectivity index (χ4n) is 3.92. The molecule has 5 rings (SSSR count). The zero-order valence-electron chi connectivity index (χ0n) is 17.0. The quantitative estimate of drug-likeness (QED) is 0.303. The van der Waals surface area contributed by atoms with Crippen molar-refractivity contribution < 1.29 is 0 Å². The first kappa shape index (κ1) is 18.2. The Hall–Kier alpha value is -3.84. The maximum Gasteiger partial charge on any atom is 0.0414 e. The summed E-state index contributed by atoms with van der Waals surface area (Å²) in [7, 11) is 2.12. The Morgan fingerprint density at radius 1 is 0.400 bits per heavy atom. The molecule has 0 amide bonds. The van der Waals surface area contributed by atoms with Crippen molar-refractivity contribution >= 4 is 22.1 Å². The maximum absolute atomic E-state index is 2.26. The second kappa shape index (κ2) is 7.88. The predicted octanol–water partition coefficient (Wildman–Crippen LogP) is 7.94. The van der Waals surface area contributed by atoms with Crippen LogP contribution in [0.3, 0.4) is 0 Å². The van der Waals surface area contributed by atoms with Crippen LogP contribution in [0.1, 0.15) is 0 Å². The molecule has 5 aromatic carbocycles. The predicted molar refractivity (Wildman–Crippen MR) is 129 cm³/mol. The first-order valence-electron chi connectivity index (χ1n) is 10.3. The first-order chi connectivity index (χ1) is 14.8. The molecule has 0 unspecified atom stereocenters. The molecule has 0 aliphatic rings. The Morgan fingerprint density at radius 3 is 1.80 bits per heavy atom. The van der Waals surface area contributed by atoms with Crippen molar-refractivity contribution in [1.29, 1.82) is 0 Å². The molecule has 0 atom stereocenters. The van der Waals surface area contributed by atoms with Gasteiger partial charge in [-0.15, -0.1) is 0 Å². The van der Waals surface area contributed by atoms with E-state index in [9.17, 15) is 0 Å². The van der Waals surface area contributed by atoms with Crippen molar-refractivity contribution in [3.05, 3.63) is 121 Å². The molecule has 5 aromatic rings. The molecule has 1 nitrogen and oxygen atoms in total. The zero-order valence-corrected chi connectivity index (χ0v) is 17.0. The third kappa shape index (κ3) is 3.58. The van der Waals surface area contributed by atoms with Gasteiger partial charge in [0.2, 0.25) is 0 Å². The van der Waals surface area contributed by atoms with Crippen LogP contribution in [0.25, 0.3) is 33.0 Å². The average molecular weight is 386 g/mol. The summed E-state index contributed by atoms with van der Waals surface area (Å²) in [6.45, 7) is 0. The lowest BCUT2D eigenvalue weighted by molar-refractivity contribution is 1.21. The van der Waals surface area contributed by atoms with Gasteiger partial charge in [0.15, 0.2) is 0 Å². The molecule has 0 saturated heterocycles. The van der Waals surface area contributed by atoms with Gasteiger partial charge in [0.25, 0.3) is 0 Å². The smallest absolute Gasteiger partial charge is 0.0414 e. The molecule has 0 aromatic heterocycles. The summed E-state index contributed by atoms with van der Waals surface area (Å²) >= 11 is 0. The highest BCUT2D eigenvalue weighted by Gasteiger charge is 2.07. The first-order valence-corrected chi connectivity index (χ1v) is 10.3. The minimum atomic E-state index is 1.17. The molecule has 0 fully saturated rings. The SMILES string of the molecule is CN(c1ccc(-c2ccc3ccccc3c2)cc1)c1cccc(-c2ccccc2)c1. The van der Waals surface area contributed by atoms with Gasteiger partial charge in [0, 0.05) is 18.4 Å². The number of hydrogen-bond acceptors (Lipinski definition) is 1. The fourth-order valence-corrected chi connectivity index (χ4v) is 3.92. The minimum absolute atomic E-state index is 1.17. The van der Waals surface area contributed by atoms with Crippen LogP contribution < -0.4 is 4.90 Å². The number of hydrogen-bond donors (Lipinski definition) is 0. The van der Waals surface area contributed by atoms with Crippen molar-refractivity contribution in [1.82, 2.24) is 0 Å². The van der Waals surface area contributed by atoms with Crippen molar-refractivity contribution in [2.75, 3.05) is 11.9 Å². The molecule has 30 heavy (non-hydrogen) atoms. The Bertz CT molecular complexity index is 1290. The van der Waals surface area contributed by atoms with Crippen LogP contribution >= 0.6 is 0 Å². The van der Waals surface area contributed by atoms with Crippen LogP contribution in [-0.4, -0.2) is 7.05 Å². The Morgan fingerprint density at radius 2 is 1.00 bits per heavy atom. The van der Waals surface area contributed by atoms with Crippen LogP contribution in [-0.2, 0) is 0 Å². The molecule has 0 spiro atoms.